The Morgan fingerprint density at radius 1 is 0.972 bits per heavy atom. The maximum Gasteiger partial charge on any atom is 0.331 e. The first-order valence-electron chi connectivity index (χ1n) is 12.3. The van der Waals surface area contributed by atoms with Gasteiger partial charge in [0.05, 0.1) is 36.9 Å². The summed E-state index contributed by atoms with van der Waals surface area (Å²) in [5.74, 6) is -1.67. The number of rotatable bonds is 0. The number of aliphatic hydroxyl groups excluding tert-OH is 1. The third-order valence-corrected chi connectivity index (χ3v) is 8.73. The number of carbonyl (C=O) groups excluding carboxylic acids is 3. The van der Waals surface area contributed by atoms with E-state index < -0.39 is 52.7 Å². The summed E-state index contributed by atoms with van der Waals surface area (Å²) in [7, 11) is 0. The minimum atomic E-state index is -0.887. The highest BCUT2D eigenvalue weighted by Gasteiger charge is 2.83. The van der Waals surface area contributed by atoms with Gasteiger partial charge in [-0.2, -0.15) is 0 Å². The first-order chi connectivity index (χ1) is 17.1. The summed E-state index contributed by atoms with van der Waals surface area (Å²) in [4.78, 5) is 37.4. The molecule has 0 amide bonds. The Labute approximate surface area is 209 Å². The van der Waals surface area contributed by atoms with Gasteiger partial charge < -0.3 is 28.8 Å². The molecule has 7 unspecified atom stereocenters. The van der Waals surface area contributed by atoms with E-state index in [1.54, 1.807) is 6.92 Å². The van der Waals surface area contributed by atoms with Gasteiger partial charge in [0.1, 0.15) is 18.3 Å². The van der Waals surface area contributed by atoms with Crippen LogP contribution < -0.4 is 0 Å². The van der Waals surface area contributed by atoms with Crippen LogP contribution in [0.1, 0.15) is 40.0 Å². The van der Waals surface area contributed by atoms with Gasteiger partial charge in [0.15, 0.2) is 0 Å². The normalized spacial score (nSPS) is 46.1. The van der Waals surface area contributed by atoms with Gasteiger partial charge in [0.25, 0.3) is 0 Å². The lowest BCUT2D eigenvalue weighted by atomic mass is 9.51. The minimum Gasteiger partial charge on any atom is -0.462 e. The van der Waals surface area contributed by atoms with E-state index in [1.165, 1.54) is 30.4 Å². The van der Waals surface area contributed by atoms with Crippen molar-refractivity contribution in [1.29, 1.82) is 0 Å². The monoisotopic (exact) mass is 500 g/mol. The first-order valence-corrected chi connectivity index (χ1v) is 12.3. The Morgan fingerprint density at radius 2 is 1.69 bits per heavy atom. The first kappa shape index (κ1) is 24.9. The molecule has 194 valence electrons. The molecule has 1 N–H and O–H groups in total. The molecule has 5 aliphatic rings. The van der Waals surface area contributed by atoms with E-state index in [4.69, 9.17) is 23.7 Å². The van der Waals surface area contributed by atoms with Crippen molar-refractivity contribution in [1.82, 2.24) is 0 Å². The topological polar surface area (TPSA) is 121 Å². The van der Waals surface area contributed by atoms with E-state index in [-0.39, 0.29) is 25.7 Å². The van der Waals surface area contributed by atoms with Crippen LogP contribution in [-0.2, 0) is 38.1 Å². The molecule has 3 aliphatic heterocycles. The predicted molar refractivity (Wildman–Crippen MR) is 125 cm³/mol. The number of allylic oxidation sites excluding steroid dienone is 2. The van der Waals surface area contributed by atoms with Gasteiger partial charge in [-0.15, -0.1) is 0 Å². The van der Waals surface area contributed by atoms with Crippen LogP contribution in [0, 0.1) is 10.8 Å². The van der Waals surface area contributed by atoms with Crippen molar-refractivity contribution in [2.24, 2.45) is 10.8 Å². The molecule has 0 radical (unpaired) electrons. The van der Waals surface area contributed by atoms with Crippen molar-refractivity contribution in [3.05, 3.63) is 47.6 Å². The quantitative estimate of drug-likeness (QED) is 0.231. The van der Waals surface area contributed by atoms with E-state index in [0.29, 0.717) is 25.0 Å². The molecule has 2 aliphatic carbocycles. The van der Waals surface area contributed by atoms with Crippen molar-refractivity contribution >= 4 is 17.9 Å². The summed E-state index contributed by atoms with van der Waals surface area (Å²) >= 11 is 0. The average molecular weight is 501 g/mol. The molecule has 1 saturated carbocycles. The molecule has 2 saturated heterocycles. The standard InChI is InChI=1S/C27H32O9/c1-16-8-9-32-22(29)6-4-5-7-23(30)36-19-12-21-27(15-34-27)25(19,3)26(14-33-24(31)10-16)13-18(28)17(2)11-20(26)35-21/h4-7,10-11,18-21,28H,8-9,12-15H2,1-3H3/b6-4-,7-5-,16-10-. The lowest BCUT2D eigenvalue weighted by Crippen LogP contribution is -2.68. The van der Waals surface area contributed by atoms with Gasteiger partial charge in [-0.25, -0.2) is 14.4 Å². The smallest absolute Gasteiger partial charge is 0.331 e. The molecule has 5 rings (SSSR count). The summed E-state index contributed by atoms with van der Waals surface area (Å²) in [5.41, 5.74) is -0.880. The molecule has 3 heterocycles. The fourth-order valence-electron chi connectivity index (χ4n) is 6.46. The highest BCUT2D eigenvalue weighted by atomic mass is 16.6. The zero-order valence-corrected chi connectivity index (χ0v) is 20.7. The van der Waals surface area contributed by atoms with Gasteiger partial charge >= 0.3 is 17.9 Å². The predicted octanol–water partition coefficient (Wildman–Crippen LogP) is 2.09. The van der Waals surface area contributed by atoms with Crippen molar-refractivity contribution < 1.29 is 43.2 Å². The molecule has 9 nitrogen and oxygen atoms in total. The van der Waals surface area contributed by atoms with Crippen LogP contribution in [0.5, 0.6) is 0 Å². The zero-order chi connectivity index (χ0) is 25.7. The Bertz CT molecular complexity index is 1080. The molecule has 7 atom stereocenters. The van der Waals surface area contributed by atoms with E-state index in [2.05, 4.69) is 0 Å². The summed E-state index contributed by atoms with van der Waals surface area (Å²) in [6.07, 6.45) is 7.53. The van der Waals surface area contributed by atoms with Crippen LogP contribution in [0.3, 0.4) is 0 Å². The second kappa shape index (κ2) is 8.97. The lowest BCUT2D eigenvalue weighted by molar-refractivity contribution is -0.238. The van der Waals surface area contributed by atoms with Crippen molar-refractivity contribution in [2.75, 3.05) is 19.8 Å². The average Bonchev–Trinajstić information content (AvgIpc) is 3.59. The molecule has 36 heavy (non-hydrogen) atoms. The Hall–Kier alpha value is -2.75. The summed E-state index contributed by atoms with van der Waals surface area (Å²) < 4.78 is 29.5. The lowest BCUT2D eigenvalue weighted by Gasteiger charge is -2.58. The third kappa shape index (κ3) is 3.84. The Kier molecular flexibility index (Phi) is 6.21. The number of ether oxygens (including phenoxy) is 5. The van der Waals surface area contributed by atoms with Gasteiger partial charge in [-0.1, -0.05) is 30.7 Å². The molecular weight excluding hydrogens is 468 g/mol. The maximum atomic E-state index is 12.8. The number of carbonyl (C=O) groups is 3. The summed E-state index contributed by atoms with van der Waals surface area (Å²) in [6, 6.07) is 0. The second-order valence-corrected chi connectivity index (χ2v) is 10.6. The molecule has 0 aromatic rings. The number of cyclic esters (lactones) is 2. The van der Waals surface area contributed by atoms with Crippen LogP contribution in [0.25, 0.3) is 0 Å². The maximum absolute atomic E-state index is 12.8. The van der Waals surface area contributed by atoms with Crippen LogP contribution >= 0.6 is 0 Å². The summed E-state index contributed by atoms with van der Waals surface area (Å²) in [5, 5.41) is 10.9. The molecule has 2 spiro atoms. The Balaban J connectivity index is 1.55. The highest BCUT2D eigenvalue weighted by Crippen LogP contribution is 2.72. The van der Waals surface area contributed by atoms with Crippen molar-refractivity contribution in [3.8, 4) is 0 Å². The van der Waals surface area contributed by atoms with E-state index in [9.17, 15) is 19.5 Å². The van der Waals surface area contributed by atoms with Crippen LogP contribution in [0.15, 0.2) is 47.6 Å². The van der Waals surface area contributed by atoms with Gasteiger partial charge in [-0.05, 0) is 25.8 Å². The Morgan fingerprint density at radius 3 is 2.42 bits per heavy atom. The van der Waals surface area contributed by atoms with Crippen molar-refractivity contribution in [3.63, 3.8) is 0 Å². The molecular formula is C27H32O9. The summed E-state index contributed by atoms with van der Waals surface area (Å²) in [6.45, 7) is 6.10. The third-order valence-electron chi connectivity index (χ3n) is 8.73. The van der Waals surface area contributed by atoms with E-state index >= 15 is 0 Å². The molecule has 2 bridgehead atoms. The second-order valence-electron chi connectivity index (χ2n) is 10.6. The van der Waals surface area contributed by atoms with Crippen LogP contribution in [-0.4, -0.2) is 72.9 Å². The number of esters is 3. The van der Waals surface area contributed by atoms with Gasteiger partial charge in [0, 0.05) is 36.5 Å². The number of aliphatic hydroxyl groups is 1. The van der Waals surface area contributed by atoms with Crippen LogP contribution in [0.4, 0.5) is 0 Å². The number of epoxide rings is 1. The van der Waals surface area contributed by atoms with Gasteiger partial charge in [0.2, 0.25) is 0 Å². The fraction of sp³-hybridized carbons (Fsp3) is 0.593. The molecule has 0 aromatic heterocycles. The largest absolute Gasteiger partial charge is 0.462 e. The highest BCUT2D eigenvalue weighted by molar-refractivity contribution is 5.85. The number of hydrogen-bond donors (Lipinski definition) is 1. The number of hydrogen-bond acceptors (Lipinski definition) is 9. The molecule has 9 heteroatoms. The van der Waals surface area contributed by atoms with Crippen LogP contribution in [0.2, 0.25) is 0 Å². The zero-order valence-electron chi connectivity index (χ0n) is 20.7. The fourth-order valence-corrected chi connectivity index (χ4v) is 6.46. The van der Waals surface area contributed by atoms with Gasteiger partial charge in [-0.3, -0.25) is 0 Å². The SMILES string of the molecule is CC1=CC2OC3CC4OC(=O)/C=C\C=C/C(=O)OCC/C(C)=C\C(=O)OCC2(CC1O)C4(C)C31CO1. The van der Waals surface area contributed by atoms with E-state index in [0.717, 1.165) is 5.57 Å². The molecule has 0 aromatic carbocycles. The molecule has 3 fully saturated rings. The van der Waals surface area contributed by atoms with Crippen molar-refractivity contribution in [2.45, 2.75) is 70.1 Å². The van der Waals surface area contributed by atoms with E-state index in [1.807, 2.05) is 19.9 Å². The minimum absolute atomic E-state index is 0.0446.